The number of methoxy groups -OCH3 is 1. The van der Waals surface area contributed by atoms with Gasteiger partial charge in [0.05, 0.1) is 6.04 Å². The molecule has 0 spiro atoms. The monoisotopic (exact) mass is 221 g/mol. The fourth-order valence-corrected chi connectivity index (χ4v) is 1.64. The van der Waals surface area contributed by atoms with Crippen molar-refractivity contribution in [1.82, 2.24) is 5.32 Å². The van der Waals surface area contributed by atoms with Gasteiger partial charge in [0.25, 0.3) is 0 Å². The summed E-state index contributed by atoms with van der Waals surface area (Å²) in [6, 6.07) is 10.0. The molecule has 0 aliphatic carbocycles. The Hall–Kier alpha value is -1.35. The summed E-state index contributed by atoms with van der Waals surface area (Å²) < 4.78 is 4.81. The molecule has 1 aromatic rings. The summed E-state index contributed by atoms with van der Waals surface area (Å²) >= 11 is 0. The van der Waals surface area contributed by atoms with E-state index in [0.29, 0.717) is 5.92 Å². The highest BCUT2D eigenvalue weighted by Crippen LogP contribution is 2.20. The Kier molecular flexibility index (Phi) is 4.99. The number of nitrogens with one attached hydrogen (secondary N) is 1. The van der Waals surface area contributed by atoms with Crippen LogP contribution in [0.1, 0.15) is 25.5 Å². The van der Waals surface area contributed by atoms with Gasteiger partial charge in [-0.2, -0.15) is 0 Å². The van der Waals surface area contributed by atoms with Crippen LogP contribution >= 0.6 is 0 Å². The lowest BCUT2D eigenvalue weighted by atomic mass is 9.96. The summed E-state index contributed by atoms with van der Waals surface area (Å²) in [4.78, 5) is 11.5. The number of amides is 1. The third kappa shape index (κ3) is 3.66. The molecule has 1 atom stereocenters. The van der Waals surface area contributed by atoms with Gasteiger partial charge in [-0.15, -0.1) is 0 Å². The van der Waals surface area contributed by atoms with Crippen LogP contribution in [0, 0.1) is 5.92 Å². The van der Waals surface area contributed by atoms with Crippen molar-refractivity contribution in [3.8, 4) is 0 Å². The average molecular weight is 221 g/mol. The zero-order chi connectivity index (χ0) is 12.0. The molecule has 1 amide bonds. The van der Waals surface area contributed by atoms with Crippen molar-refractivity contribution in [2.75, 3.05) is 13.7 Å². The van der Waals surface area contributed by atoms with E-state index in [-0.39, 0.29) is 18.6 Å². The second-order valence-corrected chi connectivity index (χ2v) is 4.13. The quantitative estimate of drug-likeness (QED) is 0.827. The molecule has 0 aromatic heterocycles. The average Bonchev–Trinajstić information content (AvgIpc) is 2.27. The number of carbonyl (C=O) groups excluding carboxylic acids is 1. The lowest BCUT2D eigenvalue weighted by Gasteiger charge is -2.22. The Balaban J connectivity index is 2.73. The lowest BCUT2D eigenvalue weighted by molar-refractivity contribution is -0.125. The van der Waals surface area contributed by atoms with Gasteiger partial charge in [0.1, 0.15) is 6.61 Å². The Morgan fingerprint density at radius 1 is 1.31 bits per heavy atom. The topological polar surface area (TPSA) is 38.3 Å². The van der Waals surface area contributed by atoms with Gasteiger partial charge < -0.3 is 10.1 Å². The molecule has 0 aliphatic rings. The molecule has 0 fully saturated rings. The van der Waals surface area contributed by atoms with Crippen LogP contribution in [0.25, 0.3) is 0 Å². The first-order chi connectivity index (χ1) is 7.65. The maximum absolute atomic E-state index is 11.5. The zero-order valence-corrected chi connectivity index (χ0v) is 10.1. The molecule has 0 saturated heterocycles. The third-order valence-electron chi connectivity index (χ3n) is 2.42. The molecule has 0 saturated carbocycles. The van der Waals surface area contributed by atoms with E-state index in [0.717, 1.165) is 5.56 Å². The van der Waals surface area contributed by atoms with Crippen LogP contribution in [0.5, 0.6) is 0 Å². The molecule has 1 unspecified atom stereocenters. The number of rotatable bonds is 5. The van der Waals surface area contributed by atoms with Gasteiger partial charge >= 0.3 is 0 Å². The van der Waals surface area contributed by atoms with E-state index in [1.807, 2.05) is 30.3 Å². The predicted octanol–water partition coefficient (Wildman–Crippen LogP) is 2.15. The molecule has 1 aromatic carbocycles. The molecule has 88 valence electrons. The first kappa shape index (κ1) is 12.7. The first-order valence-electron chi connectivity index (χ1n) is 5.48. The number of hydrogen-bond acceptors (Lipinski definition) is 2. The van der Waals surface area contributed by atoms with Crippen LogP contribution in [-0.4, -0.2) is 19.6 Å². The number of ether oxygens (including phenoxy) is 1. The molecule has 0 bridgehead atoms. The van der Waals surface area contributed by atoms with Gasteiger partial charge in [0.2, 0.25) is 5.91 Å². The van der Waals surface area contributed by atoms with E-state index in [9.17, 15) is 4.79 Å². The van der Waals surface area contributed by atoms with Gasteiger partial charge in [0.15, 0.2) is 0 Å². The molecular formula is C13H19NO2. The van der Waals surface area contributed by atoms with Gasteiger partial charge in [-0.05, 0) is 11.5 Å². The van der Waals surface area contributed by atoms with Crippen LogP contribution in [0.2, 0.25) is 0 Å². The van der Waals surface area contributed by atoms with Crippen molar-refractivity contribution < 1.29 is 9.53 Å². The Bertz CT molecular complexity index is 322. The normalized spacial score (nSPS) is 12.5. The van der Waals surface area contributed by atoms with Crippen molar-refractivity contribution in [1.29, 1.82) is 0 Å². The smallest absolute Gasteiger partial charge is 0.246 e. The van der Waals surface area contributed by atoms with Crippen molar-refractivity contribution >= 4 is 5.91 Å². The van der Waals surface area contributed by atoms with Gasteiger partial charge in [-0.3, -0.25) is 4.79 Å². The Labute approximate surface area is 96.8 Å². The summed E-state index contributed by atoms with van der Waals surface area (Å²) in [5.74, 6) is 0.272. The largest absolute Gasteiger partial charge is 0.375 e. The fourth-order valence-electron chi connectivity index (χ4n) is 1.64. The van der Waals surface area contributed by atoms with Crippen LogP contribution in [-0.2, 0) is 9.53 Å². The van der Waals surface area contributed by atoms with Crippen LogP contribution < -0.4 is 5.32 Å². The Morgan fingerprint density at radius 3 is 2.44 bits per heavy atom. The van der Waals surface area contributed by atoms with E-state index in [1.165, 1.54) is 7.11 Å². The Morgan fingerprint density at radius 2 is 1.94 bits per heavy atom. The van der Waals surface area contributed by atoms with Crippen LogP contribution in [0.3, 0.4) is 0 Å². The number of hydrogen-bond donors (Lipinski definition) is 1. The second kappa shape index (κ2) is 6.28. The third-order valence-corrected chi connectivity index (χ3v) is 2.42. The summed E-state index contributed by atoms with van der Waals surface area (Å²) in [5.41, 5.74) is 1.13. The van der Waals surface area contributed by atoms with Crippen molar-refractivity contribution in [3.05, 3.63) is 35.9 Å². The number of benzene rings is 1. The zero-order valence-electron chi connectivity index (χ0n) is 10.1. The van der Waals surface area contributed by atoms with Gasteiger partial charge in [0, 0.05) is 7.11 Å². The summed E-state index contributed by atoms with van der Waals surface area (Å²) in [7, 11) is 1.52. The highest BCUT2D eigenvalue weighted by atomic mass is 16.5. The molecule has 1 N–H and O–H groups in total. The minimum atomic E-state index is -0.0787. The summed E-state index contributed by atoms with van der Waals surface area (Å²) in [5, 5.41) is 2.97. The SMILES string of the molecule is COCC(=O)NC(c1ccccc1)C(C)C. The number of carbonyl (C=O) groups is 1. The predicted molar refractivity (Wildman–Crippen MR) is 64.0 cm³/mol. The van der Waals surface area contributed by atoms with Crippen molar-refractivity contribution in [2.45, 2.75) is 19.9 Å². The minimum absolute atomic E-state index is 0.0452. The standard InChI is InChI=1S/C13H19NO2/c1-10(2)13(14-12(15)9-16-3)11-7-5-4-6-8-11/h4-8,10,13H,9H2,1-3H3,(H,14,15). The molecule has 1 rings (SSSR count). The van der Waals surface area contributed by atoms with Crippen LogP contribution in [0.15, 0.2) is 30.3 Å². The summed E-state index contributed by atoms with van der Waals surface area (Å²) in [6.07, 6.45) is 0. The molecule has 0 heterocycles. The van der Waals surface area contributed by atoms with Crippen LogP contribution in [0.4, 0.5) is 0 Å². The highest BCUT2D eigenvalue weighted by Gasteiger charge is 2.17. The van der Waals surface area contributed by atoms with E-state index < -0.39 is 0 Å². The summed E-state index contributed by atoms with van der Waals surface area (Å²) in [6.45, 7) is 4.28. The maximum atomic E-state index is 11.5. The highest BCUT2D eigenvalue weighted by molar-refractivity contribution is 5.77. The fraction of sp³-hybridized carbons (Fsp3) is 0.462. The van der Waals surface area contributed by atoms with Gasteiger partial charge in [-0.25, -0.2) is 0 Å². The van der Waals surface area contributed by atoms with E-state index >= 15 is 0 Å². The van der Waals surface area contributed by atoms with E-state index in [4.69, 9.17) is 4.74 Å². The van der Waals surface area contributed by atoms with Crippen molar-refractivity contribution in [2.24, 2.45) is 5.92 Å². The molecule has 16 heavy (non-hydrogen) atoms. The van der Waals surface area contributed by atoms with E-state index in [1.54, 1.807) is 0 Å². The van der Waals surface area contributed by atoms with Crippen molar-refractivity contribution in [3.63, 3.8) is 0 Å². The molecular weight excluding hydrogens is 202 g/mol. The molecule has 3 nitrogen and oxygen atoms in total. The molecule has 0 radical (unpaired) electrons. The molecule has 0 aliphatic heterocycles. The lowest BCUT2D eigenvalue weighted by Crippen LogP contribution is -2.34. The second-order valence-electron chi connectivity index (χ2n) is 4.13. The maximum Gasteiger partial charge on any atom is 0.246 e. The van der Waals surface area contributed by atoms with Gasteiger partial charge in [-0.1, -0.05) is 44.2 Å². The first-order valence-corrected chi connectivity index (χ1v) is 5.48. The minimum Gasteiger partial charge on any atom is -0.375 e. The molecule has 3 heteroatoms. The van der Waals surface area contributed by atoms with E-state index in [2.05, 4.69) is 19.2 Å².